The van der Waals surface area contributed by atoms with Crippen LogP contribution in [0.15, 0.2) is 0 Å². The normalized spacial score (nSPS) is 51.1. The summed E-state index contributed by atoms with van der Waals surface area (Å²) in [5.74, 6) is 0. The van der Waals surface area contributed by atoms with Gasteiger partial charge in [0.1, 0.15) is 48.3 Å². The van der Waals surface area contributed by atoms with E-state index >= 15 is 0 Å². The van der Waals surface area contributed by atoms with Crippen molar-refractivity contribution < 1.29 is 50.0 Å². The fraction of sp³-hybridized carbons (Fsp3) is 1.00. The third-order valence-electron chi connectivity index (χ3n) is 4.36. The molecule has 0 aromatic carbocycles. The first-order chi connectivity index (χ1) is 10.8. The number of hydrogen-bond acceptors (Lipinski definition) is 10. The van der Waals surface area contributed by atoms with Crippen LogP contribution in [0.4, 0.5) is 0 Å². The van der Waals surface area contributed by atoms with Crippen LogP contribution in [-0.2, 0) is 14.2 Å². The molecular weight excluding hydrogens is 316 g/mol. The molecule has 2 fully saturated rings. The first-order valence-electron chi connectivity index (χ1n) is 7.32. The van der Waals surface area contributed by atoms with Gasteiger partial charge < -0.3 is 50.0 Å². The monoisotopic (exact) mass is 340 g/mol. The van der Waals surface area contributed by atoms with E-state index in [1.807, 2.05) is 0 Å². The van der Waals surface area contributed by atoms with Crippen molar-refractivity contribution in [2.45, 2.75) is 61.5 Å². The average Bonchev–Trinajstić information content (AvgIpc) is 2.80. The summed E-state index contributed by atoms with van der Waals surface area (Å²) in [5, 5.41) is 67.4. The Kier molecular flexibility index (Phi) is 5.95. The minimum Gasteiger partial charge on any atom is -0.394 e. The van der Waals surface area contributed by atoms with Gasteiger partial charge >= 0.3 is 0 Å². The topological polar surface area (TPSA) is 169 Å². The molecule has 2 rings (SSSR count). The molecule has 0 aliphatic carbocycles. The highest BCUT2D eigenvalue weighted by molar-refractivity contribution is 5.01. The molecule has 2 heterocycles. The van der Waals surface area contributed by atoms with E-state index in [1.54, 1.807) is 0 Å². The minimum atomic E-state index is -1.64. The molecule has 2 aliphatic rings. The molecule has 0 saturated carbocycles. The minimum absolute atomic E-state index is 0.519. The lowest BCUT2D eigenvalue weighted by molar-refractivity contribution is -0.318. The fourth-order valence-corrected chi connectivity index (χ4v) is 2.80. The lowest BCUT2D eigenvalue weighted by Crippen LogP contribution is -2.60. The van der Waals surface area contributed by atoms with E-state index in [2.05, 4.69) is 0 Å². The molecule has 0 radical (unpaired) electrons. The third kappa shape index (κ3) is 3.37. The van der Waals surface area contributed by atoms with Crippen LogP contribution in [0.3, 0.4) is 0 Å². The van der Waals surface area contributed by atoms with Crippen molar-refractivity contribution in [3.8, 4) is 0 Å². The summed E-state index contributed by atoms with van der Waals surface area (Å²) in [6, 6.07) is 0. The van der Waals surface area contributed by atoms with Crippen LogP contribution in [0.5, 0.6) is 0 Å². The van der Waals surface area contributed by atoms with Gasteiger partial charge in [-0.25, -0.2) is 0 Å². The van der Waals surface area contributed by atoms with E-state index in [4.69, 9.17) is 19.3 Å². The molecular formula is C13H24O10. The molecule has 7 N–H and O–H groups in total. The van der Waals surface area contributed by atoms with Crippen molar-refractivity contribution >= 4 is 0 Å². The molecule has 0 aromatic heterocycles. The Hall–Kier alpha value is -0.400. The van der Waals surface area contributed by atoms with Crippen LogP contribution < -0.4 is 0 Å². The van der Waals surface area contributed by atoms with Crippen molar-refractivity contribution in [3.05, 3.63) is 0 Å². The molecule has 10 nitrogen and oxygen atoms in total. The van der Waals surface area contributed by atoms with Crippen LogP contribution in [0.1, 0.15) is 6.92 Å². The van der Waals surface area contributed by atoms with Gasteiger partial charge in [-0.3, -0.25) is 0 Å². The summed E-state index contributed by atoms with van der Waals surface area (Å²) in [6.45, 7) is -0.239. The quantitative estimate of drug-likeness (QED) is 0.260. The lowest BCUT2D eigenvalue weighted by Gasteiger charge is -2.41. The Morgan fingerprint density at radius 3 is 2.04 bits per heavy atom. The molecule has 0 bridgehead atoms. The summed E-state index contributed by atoms with van der Waals surface area (Å²) in [7, 11) is 0. The fourth-order valence-electron chi connectivity index (χ4n) is 2.80. The highest BCUT2D eigenvalue weighted by Gasteiger charge is 2.54. The molecule has 3 unspecified atom stereocenters. The van der Waals surface area contributed by atoms with E-state index in [0.717, 1.165) is 0 Å². The predicted octanol–water partition coefficient (Wildman–Crippen LogP) is -4.33. The molecule has 0 aromatic rings. The Balaban J connectivity index is 2.13. The van der Waals surface area contributed by atoms with Crippen molar-refractivity contribution in [3.63, 3.8) is 0 Å². The average molecular weight is 340 g/mol. The van der Waals surface area contributed by atoms with Gasteiger partial charge in [-0.05, 0) is 6.92 Å². The van der Waals surface area contributed by atoms with E-state index in [1.165, 1.54) is 6.92 Å². The summed E-state index contributed by atoms with van der Waals surface area (Å²) in [6.07, 6.45) is -10.9. The van der Waals surface area contributed by atoms with Gasteiger partial charge in [-0.15, -0.1) is 0 Å². The van der Waals surface area contributed by atoms with Crippen molar-refractivity contribution in [1.82, 2.24) is 0 Å². The van der Waals surface area contributed by atoms with E-state index in [-0.39, 0.29) is 0 Å². The number of aliphatic hydroxyl groups is 7. The second kappa shape index (κ2) is 7.23. The molecule has 9 atom stereocenters. The molecule has 136 valence electrons. The van der Waals surface area contributed by atoms with Gasteiger partial charge in [0.05, 0.1) is 19.8 Å². The highest BCUT2D eigenvalue weighted by atomic mass is 16.7. The summed E-state index contributed by atoms with van der Waals surface area (Å²) < 4.78 is 16.0. The molecule has 2 saturated heterocycles. The maximum atomic E-state index is 10.2. The zero-order chi connectivity index (χ0) is 17.4. The van der Waals surface area contributed by atoms with Crippen molar-refractivity contribution in [2.24, 2.45) is 0 Å². The maximum absolute atomic E-state index is 10.2. The van der Waals surface area contributed by atoms with Crippen LogP contribution in [0.2, 0.25) is 0 Å². The predicted molar refractivity (Wildman–Crippen MR) is 72.1 cm³/mol. The van der Waals surface area contributed by atoms with Gasteiger partial charge in [-0.1, -0.05) is 0 Å². The molecule has 23 heavy (non-hydrogen) atoms. The zero-order valence-corrected chi connectivity index (χ0v) is 12.6. The van der Waals surface area contributed by atoms with Gasteiger partial charge in [-0.2, -0.15) is 0 Å². The van der Waals surface area contributed by atoms with Gasteiger partial charge in [0.15, 0.2) is 6.29 Å². The first-order valence-corrected chi connectivity index (χ1v) is 7.32. The Labute approximate surface area is 132 Å². The molecule has 0 amide bonds. The van der Waals surface area contributed by atoms with Crippen molar-refractivity contribution in [2.75, 3.05) is 19.8 Å². The summed E-state index contributed by atoms with van der Waals surface area (Å²) >= 11 is 0. The largest absolute Gasteiger partial charge is 0.394 e. The number of rotatable bonds is 5. The molecule has 0 spiro atoms. The Morgan fingerprint density at radius 1 is 0.913 bits per heavy atom. The summed E-state index contributed by atoms with van der Waals surface area (Å²) in [5.41, 5.74) is -1.37. The molecule has 2 aliphatic heterocycles. The zero-order valence-electron chi connectivity index (χ0n) is 12.6. The standard InChI is InChI=1S/C13H24O10/c1-13(4-16)11(20)10(6(3-15)23-13)22-12-9(19)8(18)7(17)5(2-14)21-12/h5-12,14-20H,2-4H2,1H3/t5?,6-,7+,8-,9?,10?,11-,12+,13-/m1/s1. The van der Waals surface area contributed by atoms with Gasteiger partial charge in [0.2, 0.25) is 0 Å². The van der Waals surface area contributed by atoms with Crippen molar-refractivity contribution in [1.29, 1.82) is 0 Å². The molecule has 10 heteroatoms. The summed E-state index contributed by atoms with van der Waals surface area (Å²) in [4.78, 5) is 0. The second-order valence-electron chi connectivity index (χ2n) is 6.05. The first kappa shape index (κ1) is 18.9. The van der Waals surface area contributed by atoms with Crippen LogP contribution in [0, 0.1) is 0 Å². The third-order valence-corrected chi connectivity index (χ3v) is 4.36. The van der Waals surface area contributed by atoms with E-state index < -0.39 is 74.4 Å². The van der Waals surface area contributed by atoms with Crippen LogP contribution >= 0.6 is 0 Å². The SMILES string of the molecule is C[C@]1(CO)O[C@H](CO)C(O[C@@H]2OC(CO)[C@H](O)[C@@H](O)C2O)[C@H]1O. The number of aliphatic hydroxyl groups excluding tert-OH is 7. The Morgan fingerprint density at radius 2 is 1.52 bits per heavy atom. The van der Waals surface area contributed by atoms with Gasteiger partial charge in [0.25, 0.3) is 0 Å². The Bertz CT molecular complexity index is 393. The number of ether oxygens (including phenoxy) is 3. The van der Waals surface area contributed by atoms with E-state index in [9.17, 15) is 30.6 Å². The number of hydrogen-bond donors (Lipinski definition) is 7. The maximum Gasteiger partial charge on any atom is 0.187 e. The van der Waals surface area contributed by atoms with E-state index in [0.29, 0.717) is 0 Å². The van der Waals surface area contributed by atoms with Gasteiger partial charge in [0, 0.05) is 0 Å². The smallest absolute Gasteiger partial charge is 0.187 e. The van der Waals surface area contributed by atoms with Crippen LogP contribution in [-0.4, -0.2) is 110 Å². The highest BCUT2D eigenvalue weighted by Crippen LogP contribution is 2.34. The lowest BCUT2D eigenvalue weighted by atomic mass is 9.96. The second-order valence-corrected chi connectivity index (χ2v) is 6.05. The van der Waals surface area contributed by atoms with Crippen LogP contribution in [0.25, 0.3) is 0 Å².